The van der Waals surface area contributed by atoms with Gasteiger partial charge in [0, 0.05) is 23.9 Å². The van der Waals surface area contributed by atoms with E-state index in [9.17, 15) is 4.79 Å². The van der Waals surface area contributed by atoms with Crippen LogP contribution in [0.1, 0.15) is 23.0 Å². The Morgan fingerprint density at radius 1 is 1.18 bits per heavy atom. The first-order valence-electron chi connectivity index (χ1n) is 8.75. The molecule has 0 radical (unpaired) electrons. The fourth-order valence-corrected chi connectivity index (χ4v) is 3.48. The number of aromatic nitrogens is 2. The summed E-state index contributed by atoms with van der Waals surface area (Å²) in [7, 11) is 5.06. The number of nitrogens with zero attached hydrogens (tertiary/aromatic N) is 2. The van der Waals surface area contributed by atoms with Crippen molar-refractivity contribution in [2.45, 2.75) is 12.5 Å². The van der Waals surface area contributed by atoms with Crippen molar-refractivity contribution in [2.75, 3.05) is 14.2 Å². The van der Waals surface area contributed by atoms with E-state index < -0.39 is 0 Å². The third-order valence-electron chi connectivity index (χ3n) is 4.46. The first-order valence-corrected chi connectivity index (χ1v) is 9.54. The monoisotopic (exact) mass is 443 g/mol. The SMILES string of the molecule is COc1cc(Br)c(CC(=O)N[C@H](c2ccccc2)c2nccn2C)cc1OC. The molecule has 0 saturated carbocycles. The second-order valence-electron chi connectivity index (χ2n) is 6.28. The average Bonchev–Trinajstić information content (AvgIpc) is 3.13. The molecule has 1 atom stereocenters. The van der Waals surface area contributed by atoms with Crippen molar-refractivity contribution in [3.63, 3.8) is 0 Å². The van der Waals surface area contributed by atoms with E-state index in [1.165, 1.54) is 0 Å². The molecule has 3 aromatic rings. The molecule has 1 N–H and O–H groups in total. The van der Waals surface area contributed by atoms with Crippen LogP contribution in [-0.2, 0) is 18.3 Å². The zero-order valence-electron chi connectivity index (χ0n) is 16.0. The third kappa shape index (κ3) is 4.36. The van der Waals surface area contributed by atoms with Gasteiger partial charge in [0.05, 0.1) is 20.6 Å². The molecule has 7 heteroatoms. The molecular formula is C21H22BrN3O3. The lowest BCUT2D eigenvalue weighted by molar-refractivity contribution is -0.121. The minimum Gasteiger partial charge on any atom is -0.493 e. The maximum absolute atomic E-state index is 12.9. The molecule has 1 amide bonds. The number of hydrogen-bond donors (Lipinski definition) is 1. The molecule has 3 rings (SSSR count). The number of carbonyl (C=O) groups excluding carboxylic acids is 1. The van der Waals surface area contributed by atoms with Crippen LogP contribution in [0.25, 0.3) is 0 Å². The number of imidazole rings is 1. The van der Waals surface area contributed by atoms with E-state index >= 15 is 0 Å². The highest BCUT2D eigenvalue weighted by Crippen LogP contribution is 2.33. The lowest BCUT2D eigenvalue weighted by Crippen LogP contribution is -2.32. The van der Waals surface area contributed by atoms with Crippen LogP contribution in [0.3, 0.4) is 0 Å². The van der Waals surface area contributed by atoms with E-state index in [1.807, 2.05) is 48.1 Å². The summed E-state index contributed by atoms with van der Waals surface area (Å²) in [5.74, 6) is 1.83. The van der Waals surface area contributed by atoms with Crippen LogP contribution in [0, 0.1) is 0 Å². The summed E-state index contributed by atoms with van der Waals surface area (Å²) in [4.78, 5) is 17.3. The molecule has 0 bridgehead atoms. The van der Waals surface area contributed by atoms with Gasteiger partial charge in [-0.15, -0.1) is 0 Å². The van der Waals surface area contributed by atoms with Crippen LogP contribution >= 0.6 is 15.9 Å². The van der Waals surface area contributed by atoms with E-state index in [0.29, 0.717) is 11.5 Å². The highest BCUT2D eigenvalue weighted by atomic mass is 79.9. The molecule has 146 valence electrons. The van der Waals surface area contributed by atoms with Crippen molar-refractivity contribution >= 4 is 21.8 Å². The summed E-state index contributed by atoms with van der Waals surface area (Å²) in [6.07, 6.45) is 3.78. The fraction of sp³-hybridized carbons (Fsp3) is 0.238. The van der Waals surface area contributed by atoms with Crippen LogP contribution in [0.4, 0.5) is 0 Å². The second kappa shape index (κ2) is 8.93. The molecule has 0 unspecified atom stereocenters. The largest absolute Gasteiger partial charge is 0.493 e. The standard InChI is InChI=1S/C21H22BrN3O3/c1-25-10-9-23-21(25)20(14-7-5-4-6-8-14)24-19(26)12-15-11-17(27-2)18(28-3)13-16(15)22/h4-11,13,20H,12H2,1-3H3,(H,24,26)/t20-/m1/s1. The van der Waals surface area contributed by atoms with Crippen molar-refractivity contribution < 1.29 is 14.3 Å². The average molecular weight is 444 g/mol. The van der Waals surface area contributed by atoms with E-state index in [0.717, 1.165) is 21.4 Å². The van der Waals surface area contributed by atoms with Crippen LogP contribution < -0.4 is 14.8 Å². The fourth-order valence-electron chi connectivity index (χ4n) is 3.01. The number of amides is 1. The van der Waals surface area contributed by atoms with Gasteiger partial charge in [-0.1, -0.05) is 46.3 Å². The zero-order valence-corrected chi connectivity index (χ0v) is 17.6. The van der Waals surface area contributed by atoms with Crippen LogP contribution in [0.15, 0.2) is 59.3 Å². The van der Waals surface area contributed by atoms with E-state index in [1.54, 1.807) is 32.5 Å². The number of ether oxygens (including phenoxy) is 2. The van der Waals surface area contributed by atoms with E-state index in [2.05, 4.69) is 26.2 Å². The minimum atomic E-state index is -0.340. The number of carbonyl (C=O) groups is 1. The number of hydrogen-bond acceptors (Lipinski definition) is 4. The number of rotatable bonds is 7. The van der Waals surface area contributed by atoms with E-state index in [4.69, 9.17) is 9.47 Å². The molecule has 0 aliphatic heterocycles. The number of methoxy groups -OCH3 is 2. The Hall–Kier alpha value is -2.80. The number of halogens is 1. The molecule has 28 heavy (non-hydrogen) atoms. The summed E-state index contributed by atoms with van der Waals surface area (Å²) in [5, 5.41) is 3.10. The lowest BCUT2D eigenvalue weighted by atomic mass is 10.0. The third-order valence-corrected chi connectivity index (χ3v) is 5.20. The Kier molecular flexibility index (Phi) is 6.36. The normalized spacial score (nSPS) is 11.7. The molecular weight excluding hydrogens is 422 g/mol. The maximum Gasteiger partial charge on any atom is 0.225 e. The smallest absolute Gasteiger partial charge is 0.225 e. The van der Waals surface area contributed by atoms with Crippen molar-refractivity contribution in [3.05, 3.63) is 76.3 Å². The van der Waals surface area contributed by atoms with Gasteiger partial charge < -0.3 is 19.4 Å². The summed E-state index contributed by atoms with van der Waals surface area (Å²) in [5.41, 5.74) is 1.78. The molecule has 0 aliphatic carbocycles. The summed E-state index contributed by atoms with van der Waals surface area (Å²) in [6, 6.07) is 13.1. The quantitative estimate of drug-likeness (QED) is 0.605. The molecule has 0 aliphatic rings. The van der Waals surface area contributed by atoms with Gasteiger partial charge in [0.25, 0.3) is 0 Å². The van der Waals surface area contributed by atoms with Crippen molar-refractivity contribution in [2.24, 2.45) is 7.05 Å². The number of benzene rings is 2. The molecule has 0 spiro atoms. The van der Waals surface area contributed by atoms with Gasteiger partial charge in [0.2, 0.25) is 5.91 Å². The van der Waals surface area contributed by atoms with Gasteiger partial charge in [-0.3, -0.25) is 4.79 Å². The highest BCUT2D eigenvalue weighted by Gasteiger charge is 2.21. The van der Waals surface area contributed by atoms with Gasteiger partial charge in [-0.05, 0) is 23.3 Å². The van der Waals surface area contributed by atoms with Gasteiger partial charge in [-0.2, -0.15) is 0 Å². The van der Waals surface area contributed by atoms with Gasteiger partial charge >= 0.3 is 0 Å². The van der Waals surface area contributed by atoms with Crippen LogP contribution in [0.2, 0.25) is 0 Å². The maximum atomic E-state index is 12.9. The zero-order chi connectivity index (χ0) is 20.1. The van der Waals surface area contributed by atoms with Crippen molar-refractivity contribution in [1.82, 2.24) is 14.9 Å². The Morgan fingerprint density at radius 3 is 2.46 bits per heavy atom. The molecule has 1 heterocycles. The molecule has 1 aromatic heterocycles. The summed E-state index contributed by atoms with van der Waals surface area (Å²) in [6.45, 7) is 0. The number of nitrogens with one attached hydrogen (secondary N) is 1. The minimum absolute atomic E-state index is 0.121. The Balaban J connectivity index is 1.85. The molecule has 0 fully saturated rings. The van der Waals surface area contributed by atoms with Gasteiger partial charge in [0.1, 0.15) is 11.9 Å². The van der Waals surface area contributed by atoms with Crippen LogP contribution in [0.5, 0.6) is 11.5 Å². The highest BCUT2D eigenvalue weighted by molar-refractivity contribution is 9.10. The summed E-state index contributed by atoms with van der Waals surface area (Å²) < 4.78 is 13.3. The van der Waals surface area contributed by atoms with Crippen molar-refractivity contribution in [1.29, 1.82) is 0 Å². The van der Waals surface area contributed by atoms with Crippen LogP contribution in [-0.4, -0.2) is 29.7 Å². The lowest BCUT2D eigenvalue weighted by Gasteiger charge is -2.19. The Morgan fingerprint density at radius 2 is 1.86 bits per heavy atom. The first-order chi connectivity index (χ1) is 13.5. The van der Waals surface area contributed by atoms with Gasteiger partial charge in [-0.25, -0.2) is 4.98 Å². The first kappa shape index (κ1) is 19.9. The number of aryl methyl sites for hydroxylation is 1. The Bertz CT molecular complexity index is 957. The summed E-state index contributed by atoms with van der Waals surface area (Å²) >= 11 is 3.51. The predicted molar refractivity (Wildman–Crippen MR) is 111 cm³/mol. The molecule has 0 saturated heterocycles. The molecule has 2 aromatic carbocycles. The van der Waals surface area contributed by atoms with Crippen molar-refractivity contribution in [3.8, 4) is 11.5 Å². The predicted octanol–water partition coefficient (Wildman–Crippen LogP) is 3.65. The molecule has 6 nitrogen and oxygen atoms in total. The Labute approximate surface area is 172 Å². The van der Waals surface area contributed by atoms with Gasteiger partial charge in [0.15, 0.2) is 11.5 Å². The van der Waals surface area contributed by atoms with E-state index in [-0.39, 0.29) is 18.4 Å². The second-order valence-corrected chi connectivity index (χ2v) is 7.14. The topological polar surface area (TPSA) is 65.4 Å².